The van der Waals surface area contributed by atoms with Gasteiger partial charge in [-0.3, -0.25) is 0 Å². The van der Waals surface area contributed by atoms with Gasteiger partial charge in [-0.05, 0) is 44.4 Å². The van der Waals surface area contributed by atoms with Crippen LogP contribution in [-0.2, 0) is 16.4 Å². The Balaban J connectivity index is 2.34. The van der Waals surface area contributed by atoms with Crippen LogP contribution < -0.4 is 5.32 Å². The number of sulfonamides is 1. The molecule has 21 heavy (non-hydrogen) atoms. The van der Waals surface area contributed by atoms with Crippen molar-refractivity contribution >= 4 is 15.7 Å². The zero-order valence-corrected chi connectivity index (χ0v) is 13.7. The van der Waals surface area contributed by atoms with E-state index in [0.29, 0.717) is 6.54 Å². The highest BCUT2D eigenvalue weighted by Gasteiger charge is 2.29. The largest absolute Gasteiger partial charge is 0.389 e. The maximum atomic E-state index is 12.7. The summed E-state index contributed by atoms with van der Waals surface area (Å²) in [6.07, 6.45) is 2.04. The van der Waals surface area contributed by atoms with Gasteiger partial charge in [0.1, 0.15) is 0 Å². The number of nitrogens with zero attached hydrogens (tertiary/aromatic N) is 1. The van der Waals surface area contributed by atoms with Gasteiger partial charge in [-0.2, -0.15) is 4.31 Å². The molecule has 2 rings (SSSR count). The molecule has 0 spiro atoms. The minimum atomic E-state index is -3.58. The smallest absolute Gasteiger partial charge is 0.243 e. The first kappa shape index (κ1) is 16.3. The monoisotopic (exact) mass is 312 g/mol. The van der Waals surface area contributed by atoms with Crippen molar-refractivity contribution in [2.45, 2.75) is 44.1 Å². The maximum Gasteiger partial charge on any atom is 0.243 e. The molecule has 0 amide bonds. The topological polar surface area (TPSA) is 69.6 Å². The van der Waals surface area contributed by atoms with E-state index in [1.807, 2.05) is 6.07 Å². The molecule has 0 bridgehead atoms. The first-order chi connectivity index (χ1) is 9.74. The van der Waals surface area contributed by atoms with E-state index in [9.17, 15) is 13.5 Å². The Morgan fingerprint density at radius 2 is 2.10 bits per heavy atom. The Kier molecular flexibility index (Phi) is 4.60. The van der Waals surface area contributed by atoms with Crippen LogP contribution in [0, 0.1) is 0 Å². The fraction of sp³-hybridized carbons (Fsp3) is 0.600. The van der Waals surface area contributed by atoms with Crippen LogP contribution in [0.3, 0.4) is 0 Å². The molecule has 1 aliphatic rings. The molecular weight excluding hydrogens is 288 g/mol. The van der Waals surface area contributed by atoms with Gasteiger partial charge >= 0.3 is 0 Å². The zero-order valence-electron chi connectivity index (χ0n) is 12.9. The number of likely N-dealkylation sites (N-methyl/N-ethyl adjacent to an activating group) is 1. The lowest BCUT2D eigenvalue weighted by molar-refractivity contribution is 0.0601. The number of nitrogens with one attached hydrogen (secondary N) is 1. The number of benzene rings is 1. The number of aliphatic hydroxyl groups is 1. The van der Waals surface area contributed by atoms with Crippen molar-refractivity contribution in [1.29, 1.82) is 0 Å². The highest BCUT2D eigenvalue weighted by molar-refractivity contribution is 7.89. The van der Waals surface area contributed by atoms with Crippen LogP contribution in [0.1, 0.15) is 32.8 Å². The van der Waals surface area contributed by atoms with Crippen LogP contribution in [0.25, 0.3) is 0 Å². The summed E-state index contributed by atoms with van der Waals surface area (Å²) in [5.41, 5.74) is 1.00. The van der Waals surface area contributed by atoms with Crippen LogP contribution in [0.5, 0.6) is 0 Å². The van der Waals surface area contributed by atoms with Crippen molar-refractivity contribution < 1.29 is 13.5 Å². The molecule has 1 aromatic carbocycles. The van der Waals surface area contributed by atoms with Crippen LogP contribution in [0.2, 0.25) is 0 Å². The van der Waals surface area contributed by atoms with E-state index in [1.165, 1.54) is 4.31 Å². The summed E-state index contributed by atoms with van der Waals surface area (Å²) in [7, 11) is -3.58. The number of rotatable bonds is 5. The summed E-state index contributed by atoms with van der Waals surface area (Å²) in [5.74, 6) is 0. The summed E-state index contributed by atoms with van der Waals surface area (Å²) in [4.78, 5) is 0.279. The predicted octanol–water partition coefficient (Wildman–Crippen LogP) is 1.83. The lowest BCUT2D eigenvalue weighted by atomic mass is 10.0. The molecule has 6 heteroatoms. The van der Waals surface area contributed by atoms with Crippen LogP contribution >= 0.6 is 0 Å². The van der Waals surface area contributed by atoms with Gasteiger partial charge in [0.05, 0.1) is 10.5 Å². The molecule has 0 atom stereocenters. The van der Waals surface area contributed by atoms with Gasteiger partial charge in [-0.1, -0.05) is 13.0 Å². The first-order valence-electron chi connectivity index (χ1n) is 7.33. The van der Waals surface area contributed by atoms with Gasteiger partial charge in [-0.25, -0.2) is 8.42 Å². The molecule has 1 aliphatic heterocycles. The normalized spacial score (nSPS) is 15.7. The Morgan fingerprint density at radius 3 is 2.71 bits per heavy atom. The molecule has 0 fully saturated rings. The molecule has 0 aromatic heterocycles. The van der Waals surface area contributed by atoms with Crippen LogP contribution in [-0.4, -0.2) is 43.1 Å². The van der Waals surface area contributed by atoms with Gasteiger partial charge in [0.25, 0.3) is 0 Å². The molecule has 1 heterocycles. The summed E-state index contributed by atoms with van der Waals surface area (Å²) < 4.78 is 26.7. The van der Waals surface area contributed by atoms with Crippen molar-refractivity contribution in [1.82, 2.24) is 4.31 Å². The van der Waals surface area contributed by atoms with E-state index in [2.05, 4.69) is 5.32 Å². The summed E-state index contributed by atoms with van der Waals surface area (Å²) in [6, 6.07) is 5.25. The molecule has 0 unspecified atom stereocenters. The fourth-order valence-corrected chi connectivity index (χ4v) is 4.18. The van der Waals surface area contributed by atoms with Gasteiger partial charge in [0.15, 0.2) is 0 Å². The molecule has 5 nitrogen and oxygen atoms in total. The fourth-order valence-electron chi connectivity index (χ4n) is 2.55. The van der Waals surface area contributed by atoms with Crippen molar-refractivity contribution in [3.05, 3.63) is 23.8 Å². The van der Waals surface area contributed by atoms with Crippen LogP contribution in [0.4, 0.5) is 5.69 Å². The quantitative estimate of drug-likeness (QED) is 0.870. The molecule has 118 valence electrons. The third-order valence-corrected chi connectivity index (χ3v) is 5.49. The number of hydrogen-bond acceptors (Lipinski definition) is 4. The van der Waals surface area contributed by atoms with E-state index >= 15 is 0 Å². The lowest BCUT2D eigenvalue weighted by Gasteiger charge is -2.28. The second-order valence-corrected chi connectivity index (χ2v) is 8.03. The maximum absolute atomic E-state index is 12.7. The zero-order chi connectivity index (χ0) is 15.7. The second-order valence-electron chi connectivity index (χ2n) is 6.09. The molecular formula is C15H24N2O3S. The Labute approximate surface area is 127 Å². The Bertz CT molecular complexity index is 606. The number of anilines is 1. The molecule has 0 saturated heterocycles. The van der Waals surface area contributed by atoms with E-state index < -0.39 is 15.6 Å². The summed E-state index contributed by atoms with van der Waals surface area (Å²) in [6.45, 7) is 6.28. The molecule has 2 N–H and O–H groups in total. The minimum Gasteiger partial charge on any atom is -0.389 e. The lowest BCUT2D eigenvalue weighted by Crippen LogP contribution is -2.42. The SMILES string of the molecule is CCN(CC(C)(C)O)S(=O)(=O)c1ccc2c(c1)NCCC2. The van der Waals surface area contributed by atoms with E-state index in [-0.39, 0.29) is 11.4 Å². The summed E-state index contributed by atoms with van der Waals surface area (Å²) >= 11 is 0. The molecule has 0 radical (unpaired) electrons. The van der Waals surface area contributed by atoms with Crippen molar-refractivity contribution in [2.75, 3.05) is 25.0 Å². The Hall–Kier alpha value is -1.11. The van der Waals surface area contributed by atoms with Crippen molar-refractivity contribution in [3.8, 4) is 0 Å². The van der Waals surface area contributed by atoms with E-state index in [1.54, 1.807) is 32.9 Å². The third kappa shape index (κ3) is 3.75. The van der Waals surface area contributed by atoms with Crippen LogP contribution in [0.15, 0.2) is 23.1 Å². The van der Waals surface area contributed by atoms with Gasteiger partial charge in [-0.15, -0.1) is 0 Å². The number of aryl methyl sites for hydroxylation is 1. The minimum absolute atomic E-state index is 0.0797. The number of hydrogen-bond donors (Lipinski definition) is 2. The third-order valence-electron chi connectivity index (χ3n) is 3.57. The average molecular weight is 312 g/mol. The van der Waals surface area contributed by atoms with Gasteiger partial charge < -0.3 is 10.4 Å². The summed E-state index contributed by atoms with van der Waals surface area (Å²) in [5, 5.41) is 13.2. The highest BCUT2D eigenvalue weighted by Crippen LogP contribution is 2.27. The number of fused-ring (bicyclic) bond motifs is 1. The average Bonchev–Trinajstić information content (AvgIpc) is 2.43. The van der Waals surface area contributed by atoms with E-state index in [4.69, 9.17) is 0 Å². The second kappa shape index (κ2) is 5.94. The first-order valence-corrected chi connectivity index (χ1v) is 8.77. The van der Waals surface area contributed by atoms with Gasteiger partial charge in [0, 0.05) is 25.3 Å². The van der Waals surface area contributed by atoms with Crippen molar-refractivity contribution in [2.24, 2.45) is 0 Å². The van der Waals surface area contributed by atoms with E-state index in [0.717, 1.165) is 30.6 Å². The van der Waals surface area contributed by atoms with Crippen molar-refractivity contribution in [3.63, 3.8) is 0 Å². The predicted molar refractivity (Wildman–Crippen MR) is 84.0 cm³/mol. The van der Waals surface area contributed by atoms with Gasteiger partial charge in [0.2, 0.25) is 10.0 Å². The standard InChI is InChI=1S/C15H24N2O3S/c1-4-17(11-15(2,3)18)21(19,20)13-8-7-12-6-5-9-16-14(12)10-13/h7-8,10,16,18H,4-6,9,11H2,1-3H3. The highest BCUT2D eigenvalue weighted by atomic mass is 32.2. The molecule has 0 saturated carbocycles. The molecule has 1 aromatic rings. The Morgan fingerprint density at radius 1 is 1.38 bits per heavy atom. The molecule has 0 aliphatic carbocycles.